The number of hydrogen-bond acceptors (Lipinski definition) is 2. The van der Waals surface area contributed by atoms with Gasteiger partial charge in [0.25, 0.3) is 0 Å². The Hall–Kier alpha value is -1.61. The number of likely N-dealkylation sites (tertiary alicyclic amines) is 1. The molecule has 0 bridgehead atoms. The van der Waals surface area contributed by atoms with E-state index in [-0.39, 0.29) is 5.91 Å². The molecule has 1 heterocycles. The second kappa shape index (κ2) is 5.30. The molecule has 112 valence electrons. The Bertz CT molecular complexity index is 549. The van der Waals surface area contributed by atoms with Gasteiger partial charge in [0.15, 0.2) is 0 Å². The van der Waals surface area contributed by atoms with Gasteiger partial charge in [0.05, 0.1) is 13.1 Å². The van der Waals surface area contributed by atoms with E-state index in [0.29, 0.717) is 24.9 Å². The summed E-state index contributed by atoms with van der Waals surface area (Å²) in [5.41, 5.74) is 1.74. The van der Waals surface area contributed by atoms with Crippen molar-refractivity contribution in [2.45, 2.75) is 38.2 Å². The molecule has 1 aromatic carbocycles. The van der Waals surface area contributed by atoms with Gasteiger partial charge < -0.3 is 10.0 Å². The number of carbonyl (C=O) groups excluding carboxylic acids is 1. The topological polar surface area (TPSA) is 40.5 Å². The number of hydrogen-bond donors (Lipinski definition) is 1. The Balaban J connectivity index is 1.55. The van der Waals surface area contributed by atoms with Gasteiger partial charge in [-0.3, -0.25) is 4.79 Å². The van der Waals surface area contributed by atoms with Crippen molar-refractivity contribution in [1.82, 2.24) is 4.90 Å². The molecule has 0 unspecified atom stereocenters. The van der Waals surface area contributed by atoms with Crippen LogP contribution in [0, 0.1) is 5.92 Å². The van der Waals surface area contributed by atoms with Crippen LogP contribution in [-0.4, -0.2) is 34.6 Å². The molecule has 2 fully saturated rings. The van der Waals surface area contributed by atoms with Crippen molar-refractivity contribution < 1.29 is 9.90 Å². The van der Waals surface area contributed by atoms with Crippen LogP contribution < -0.4 is 0 Å². The average molecular weight is 285 g/mol. The molecule has 3 nitrogen and oxygen atoms in total. The normalized spacial score (nSPS) is 20.9. The summed E-state index contributed by atoms with van der Waals surface area (Å²) in [5.74, 6) is 0.938. The highest BCUT2D eigenvalue weighted by Gasteiger charge is 2.52. The van der Waals surface area contributed by atoms with Gasteiger partial charge in [0.2, 0.25) is 5.91 Å². The fraction of sp³-hybridized carbons (Fsp3) is 0.500. The van der Waals surface area contributed by atoms with Crippen LogP contribution in [-0.2, 0) is 4.79 Å². The van der Waals surface area contributed by atoms with Crippen LogP contribution in [0.3, 0.4) is 0 Å². The van der Waals surface area contributed by atoms with E-state index in [1.165, 1.54) is 5.56 Å². The lowest BCUT2D eigenvalue weighted by atomic mass is 9.88. The van der Waals surface area contributed by atoms with Crippen molar-refractivity contribution in [3.05, 3.63) is 41.5 Å². The van der Waals surface area contributed by atoms with Crippen molar-refractivity contribution in [3.63, 3.8) is 0 Å². The second-order valence-corrected chi connectivity index (χ2v) is 6.73. The Labute approximate surface area is 126 Å². The number of benzene rings is 1. The number of aliphatic hydroxyl groups is 1. The van der Waals surface area contributed by atoms with Crippen LogP contribution >= 0.6 is 0 Å². The van der Waals surface area contributed by atoms with Crippen molar-refractivity contribution in [1.29, 1.82) is 0 Å². The fourth-order valence-electron chi connectivity index (χ4n) is 2.91. The van der Waals surface area contributed by atoms with Gasteiger partial charge in [-0.05, 0) is 41.9 Å². The SMILES string of the molecule is CC(C)c1ccc(C=CC(=O)N2CC(O)(C3CC3)C2)cc1. The predicted octanol–water partition coefficient (Wildman–Crippen LogP) is 2.81. The minimum Gasteiger partial charge on any atom is -0.386 e. The summed E-state index contributed by atoms with van der Waals surface area (Å²) in [7, 11) is 0. The number of amides is 1. The zero-order valence-electron chi connectivity index (χ0n) is 12.7. The molecule has 0 spiro atoms. The Kier molecular flexibility index (Phi) is 3.62. The molecule has 1 aliphatic carbocycles. The van der Waals surface area contributed by atoms with Crippen LogP contribution in [0.4, 0.5) is 0 Å². The molecule has 1 N–H and O–H groups in total. The maximum atomic E-state index is 12.0. The molecule has 2 aliphatic rings. The van der Waals surface area contributed by atoms with Crippen molar-refractivity contribution in [3.8, 4) is 0 Å². The van der Waals surface area contributed by atoms with Gasteiger partial charge in [0, 0.05) is 6.08 Å². The monoisotopic (exact) mass is 285 g/mol. The molecule has 1 amide bonds. The highest BCUT2D eigenvalue weighted by Crippen LogP contribution is 2.44. The fourth-order valence-corrected chi connectivity index (χ4v) is 2.91. The first kappa shape index (κ1) is 14.3. The maximum absolute atomic E-state index is 12.0. The first-order valence-electron chi connectivity index (χ1n) is 7.77. The van der Waals surface area contributed by atoms with Crippen LogP contribution in [0.1, 0.15) is 43.7 Å². The van der Waals surface area contributed by atoms with Gasteiger partial charge in [-0.1, -0.05) is 38.1 Å². The molecule has 0 radical (unpaired) electrons. The Morgan fingerprint density at radius 1 is 1.29 bits per heavy atom. The van der Waals surface area contributed by atoms with Crippen LogP contribution in [0.15, 0.2) is 30.3 Å². The maximum Gasteiger partial charge on any atom is 0.246 e. The number of β-amino-alcohol motifs (C(OH)–C–C–N with tert-alkyl or cyclic N) is 1. The zero-order valence-corrected chi connectivity index (χ0v) is 12.7. The first-order chi connectivity index (χ1) is 9.98. The van der Waals surface area contributed by atoms with Gasteiger partial charge >= 0.3 is 0 Å². The molecular weight excluding hydrogens is 262 g/mol. The third-order valence-electron chi connectivity index (χ3n) is 4.60. The van der Waals surface area contributed by atoms with E-state index in [4.69, 9.17) is 0 Å². The Morgan fingerprint density at radius 3 is 2.43 bits per heavy atom. The summed E-state index contributed by atoms with van der Waals surface area (Å²) < 4.78 is 0. The van der Waals surface area contributed by atoms with Crippen LogP contribution in [0.2, 0.25) is 0 Å². The van der Waals surface area contributed by atoms with Gasteiger partial charge in [-0.15, -0.1) is 0 Å². The molecule has 1 aromatic rings. The second-order valence-electron chi connectivity index (χ2n) is 6.73. The third-order valence-corrected chi connectivity index (χ3v) is 4.60. The lowest BCUT2D eigenvalue weighted by Gasteiger charge is -2.46. The van der Waals surface area contributed by atoms with Gasteiger partial charge in [-0.2, -0.15) is 0 Å². The van der Waals surface area contributed by atoms with Gasteiger partial charge in [-0.25, -0.2) is 0 Å². The molecule has 1 saturated heterocycles. The molecule has 0 atom stereocenters. The largest absolute Gasteiger partial charge is 0.386 e. The van der Waals surface area contributed by atoms with E-state index >= 15 is 0 Å². The van der Waals surface area contributed by atoms with E-state index in [1.54, 1.807) is 11.0 Å². The summed E-state index contributed by atoms with van der Waals surface area (Å²) in [6.45, 7) is 5.32. The van der Waals surface area contributed by atoms with Crippen molar-refractivity contribution >= 4 is 12.0 Å². The predicted molar refractivity (Wildman–Crippen MR) is 83.8 cm³/mol. The smallest absolute Gasteiger partial charge is 0.246 e. The first-order valence-corrected chi connectivity index (χ1v) is 7.77. The molecule has 1 aliphatic heterocycles. The van der Waals surface area contributed by atoms with E-state index in [9.17, 15) is 9.90 Å². The van der Waals surface area contributed by atoms with Crippen LogP contribution in [0.25, 0.3) is 6.08 Å². The number of carbonyl (C=O) groups is 1. The molecule has 3 rings (SSSR count). The van der Waals surface area contributed by atoms with Crippen molar-refractivity contribution in [2.75, 3.05) is 13.1 Å². The molecule has 21 heavy (non-hydrogen) atoms. The highest BCUT2D eigenvalue weighted by molar-refractivity contribution is 5.92. The van der Waals surface area contributed by atoms with Gasteiger partial charge in [0.1, 0.15) is 5.60 Å². The van der Waals surface area contributed by atoms with E-state index < -0.39 is 5.60 Å². The lowest BCUT2D eigenvalue weighted by Crippen LogP contribution is -2.64. The molecular formula is C18H23NO2. The summed E-state index contributed by atoms with van der Waals surface area (Å²) in [5, 5.41) is 10.2. The van der Waals surface area contributed by atoms with E-state index in [0.717, 1.165) is 18.4 Å². The molecule has 3 heteroatoms. The standard InChI is InChI=1S/C18H23NO2/c1-13(2)15-6-3-14(4-7-15)5-10-17(20)19-11-18(21,12-19)16-8-9-16/h3-7,10,13,16,21H,8-9,11-12H2,1-2H3. The molecule has 1 saturated carbocycles. The Morgan fingerprint density at radius 2 is 1.90 bits per heavy atom. The minimum atomic E-state index is -0.595. The summed E-state index contributed by atoms with van der Waals surface area (Å²) >= 11 is 0. The zero-order chi connectivity index (χ0) is 15.0. The average Bonchev–Trinajstić information content (AvgIpc) is 3.26. The van der Waals surface area contributed by atoms with Crippen LogP contribution in [0.5, 0.6) is 0 Å². The lowest BCUT2D eigenvalue weighted by molar-refractivity contribution is -0.154. The summed E-state index contributed by atoms with van der Waals surface area (Å²) in [6.07, 6.45) is 5.67. The van der Waals surface area contributed by atoms with Crippen molar-refractivity contribution in [2.24, 2.45) is 5.92 Å². The third kappa shape index (κ3) is 3.03. The summed E-state index contributed by atoms with van der Waals surface area (Å²) in [6, 6.07) is 8.28. The minimum absolute atomic E-state index is 0.00624. The number of rotatable bonds is 4. The van der Waals surface area contributed by atoms with E-state index in [2.05, 4.69) is 26.0 Å². The quantitative estimate of drug-likeness (QED) is 0.864. The highest BCUT2D eigenvalue weighted by atomic mass is 16.3. The number of nitrogens with zero attached hydrogens (tertiary/aromatic N) is 1. The summed E-state index contributed by atoms with van der Waals surface area (Å²) in [4.78, 5) is 13.8. The molecule has 0 aromatic heterocycles. The van der Waals surface area contributed by atoms with E-state index in [1.807, 2.05) is 18.2 Å².